The molecule has 3 nitrogen and oxygen atoms in total. The van der Waals surface area contributed by atoms with Crippen molar-refractivity contribution in [3.8, 4) is 0 Å². The van der Waals surface area contributed by atoms with Gasteiger partial charge in [0.05, 0.1) is 5.54 Å². The standard InChI is InChI=1S/C20H24N2OS/c1-20(14-21,17-11-12-17)22-19(23)16-9-7-15(8-10-16)13-24-18-5-3-2-4-6-18/h2-10,17H,11-14,21H2,1H3,(H,22,23). The van der Waals surface area contributed by atoms with E-state index >= 15 is 0 Å². The Morgan fingerprint density at radius 1 is 1.17 bits per heavy atom. The van der Waals surface area contributed by atoms with Crippen molar-refractivity contribution >= 4 is 17.7 Å². The van der Waals surface area contributed by atoms with Crippen LogP contribution in [0.5, 0.6) is 0 Å². The predicted octanol–water partition coefficient (Wildman–Crippen LogP) is 3.84. The minimum Gasteiger partial charge on any atom is -0.345 e. The second-order valence-electron chi connectivity index (χ2n) is 6.65. The van der Waals surface area contributed by atoms with Crippen LogP contribution in [0.3, 0.4) is 0 Å². The first-order valence-corrected chi connectivity index (χ1v) is 9.39. The summed E-state index contributed by atoms with van der Waals surface area (Å²) in [5, 5.41) is 3.13. The van der Waals surface area contributed by atoms with Gasteiger partial charge in [-0.3, -0.25) is 4.79 Å². The van der Waals surface area contributed by atoms with Gasteiger partial charge in [-0.2, -0.15) is 0 Å². The molecule has 0 heterocycles. The molecule has 1 aliphatic carbocycles. The lowest BCUT2D eigenvalue weighted by Crippen LogP contribution is -2.53. The maximum absolute atomic E-state index is 12.5. The summed E-state index contributed by atoms with van der Waals surface area (Å²) >= 11 is 1.80. The first-order valence-electron chi connectivity index (χ1n) is 8.40. The van der Waals surface area contributed by atoms with E-state index in [1.54, 1.807) is 11.8 Å². The van der Waals surface area contributed by atoms with Crippen LogP contribution in [0.1, 0.15) is 35.7 Å². The minimum absolute atomic E-state index is 0.0305. The molecule has 0 aromatic heterocycles. The Kier molecular flexibility index (Phi) is 5.27. The summed E-state index contributed by atoms with van der Waals surface area (Å²) in [5.74, 6) is 1.39. The Morgan fingerprint density at radius 3 is 2.42 bits per heavy atom. The molecule has 4 heteroatoms. The molecule has 1 amide bonds. The average Bonchev–Trinajstić information content (AvgIpc) is 3.47. The van der Waals surface area contributed by atoms with Crippen LogP contribution in [0, 0.1) is 5.92 Å². The molecule has 3 N–H and O–H groups in total. The highest BCUT2D eigenvalue weighted by Gasteiger charge is 2.41. The topological polar surface area (TPSA) is 55.1 Å². The molecule has 0 bridgehead atoms. The second-order valence-corrected chi connectivity index (χ2v) is 7.70. The minimum atomic E-state index is -0.279. The van der Waals surface area contributed by atoms with Crippen molar-refractivity contribution in [2.24, 2.45) is 11.7 Å². The van der Waals surface area contributed by atoms with Crippen LogP contribution in [-0.4, -0.2) is 18.0 Å². The van der Waals surface area contributed by atoms with Crippen molar-refractivity contribution in [3.05, 3.63) is 65.7 Å². The van der Waals surface area contributed by atoms with E-state index in [2.05, 4.69) is 17.4 Å². The molecule has 0 spiro atoms. The van der Waals surface area contributed by atoms with Crippen molar-refractivity contribution in [2.75, 3.05) is 6.54 Å². The van der Waals surface area contributed by atoms with Crippen molar-refractivity contribution in [1.82, 2.24) is 5.32 Å². The molecule has 0 radical (unpaired) electrons. The normalized spacial score (nSPS) is 16.4. The average molecular weight is 340 g/mol. The number of thioether (sulfide) groups is 1. The number of hydrogen-bond donors (Lipinski definition) is 2. The van der Waals surface area contributed by atoms with Crippen LogP contribution >= 0.6 is 11.8 Å². The zero-order valence-electron chi connectivity index (χ0n) is 14.0. The van der Waals surface area contributed by atoms with Gasteiger partial charge in [0.1, 0.15) is 0 Å². The molecular weight excluding hydrogens is 316 g/mol. The fraction of sp³-hybridized carbons (Fsp3) is 0.350. The van der Waals surface area contributed by atoms with E-state index < -0.39 is 0 Å². The van der Waals surface area contributed by atoms with Crippen LogP contribution in [-0.2, 0) is 5.75 Å². The third kappa shape index (κ3) is 4.19. The van der Waals surface area contributed by atoms with Crippen LogP contribution < -0.4 is 11.1 Å². The number of hydrogen-bond acceptors (Lipinski definition) is 3. The van der Waals surface area contributed by atoms with E-state index in [4.69, 9.17) is 5.73 Å². The van der Waals surface area contributed by atoms with Crippen molar-refractivity contribution < 1.29 is 4.79 Å². The summed E-state index contributed by atoms with van der Waals surface area (Å²) in [7, 11) is 0. The predicted molar refractivity (Wildman–Crippen MR) is 100 cm³/mol. The molecule has 126 valence electrons. The van der Waals surface area contributed by atoms with Crippen molar-refractivity contribution in [2.45, 2.75) is 36.0 Å². The third-order valence-corrected chi connectivity index (χ3v) is 5.75. The summed E-state index contributed by atoms with van der Waals surface area (Å²) < 4.78 is 0. The largest absolute Gasteiger partial charge is 0.345 e. The smallest absolute Gasteiger partial charge is 0.251 e. The highest BCUT2D eigenvalue weighted by atomic mass is 32.2. The SMILES string of the molecule is CC(CN)(NC(=O)c1ccc(CSc2ccccc2)cc1)C1CC1. The molecule has 2 aromatic carbocycles. The lowest BCUT2D eigenvalue weighted by atomic mass is 9.95. The molecule has 1 fully saturated rings. The lowest BCUT2D eigenvalue weighted by Gasteiger charge is -2.29. The molecule has 2 aromatic rings. The maximum Gasteiger partial charge on any atom is 0.251 e. The quantitative estimate of drug-likeness (QED) is 0.753. The maximum atomic E-state index is 12.5. The Labute approximate surface area is 148 Å². The van der Waals surface area contributed by atoms with Crippen molar-refractivity contribution in [3.63, 3.8) is 0 Å². The first-order chi connectivity index (χ1) is 11.6. The van der Waals surface area contributed by atoms with E-state index in [1.165, 1.54) is 10.5 Å². The summed E-state index contributed by atoms with van der Waals surface area (Å²) in [4.78, 5) is 13.7. The molecule has 1 unspecified atom stereocenters. The zero-order chi connectivity index (χ0) is 17.0. The number of benzene rings is 2. The number of carbonyl (C=O) groups excluding carboxylic acids is 1. The van der Waals surface area contributed by atoms with Gasteiger partial charge in [0.15, 0.2) is 0 Å². The van der Waals surface area contributed by atoms with E-state index in [9.17, 15) is 4.79 Å². The van der Waals surface area contributed by atoms with E-state index in [-0.39, 0.29) is 11.4 Å². The Hall–Kier alpha value is -1.78. The highest BCUT2D eigenvalue weighted by Crippen LogP contribution is 2.39. The number of rotatable bonds is 7. The van der Waals surface area contributed by atoms with Crippen LogP contribution in [0.4, 0.5) is 0 Å². The van der Waals surface area contributed by atoms with E-state index in [1.807, 2.05) is 49.4 Å². The third-order valence-electron chi connectivity index (χ3n) is 4.67. The number of carbonyl (C=O) groups is 1. The summed E-state index contributed by atoms with van der Waals surface area (Å²) in [6.45, 7) is 2.53. The molecule has 1 aliphatic rings. The van der Waals surface area contributed by atoms with E-state index in [0.717, 1.165) is 18.6 Å². The molecule has 3 rings (SSSR count). The van der Waals surface area contributed by atoms with Crippen molar-refractivity contribution in [1.29, 1.82) is 0 Å². The lowest BCUT2D eigenvalue weighted by molar-refractivity contribution is 0.0898. The fourth-order valence-electron chi connectivity index (χ4n) is 2.81. The van der Waals surface area contributed by atoms with Gasteiger partial charge in [0.2, 0.25) is 0 Å². The number of nitrogens with one attached hydrogen (secondary N) is 1. The van der Waals surface area contributed by atoms with Gasteiger partial charge in [0, 0.05) is 22.8 Å². The molecule has 24 heavy (non-hydrogen) atoms. The second kappa shape index (κ2) is 7.41. The number of amides is 1. The van der Waals surface area contributed by atoms with Crippen LogP contribution in [0.2, 0.25) is 0 Å². The van der Waals surface area contributed by atoms with Gasteiger partial charge in [-0.05, 0) is 55.5 Å². The van der Waals surface area contributed by atoms with Gasteiger partial charge in [0.25, 0.3) is 5.91 Å². The van der Waals surface area contributed by atoms with Gasteiger partial charge in [-0.1, -0.05) is 30.3 Å². The Balaban J connectivity index is 1.58. The molecule has 0 saturated heterocycles. The molecule has 1 atom stereocenters. The van der Waals surface area contributed by atoms with E-state index in [0.29, 0.717) is 18.0 Å². The monoisotopic (exact) mass is 340 g/mol. The van der Waals surface area contributed by atoms with Gasteiger partial charge >= 0.3 is 0 Å². The Morgan fingerprint density at radius 2 is 1.83 bits per heavy atom. The zero-order valence-corrected chi connectivity index (χ0v) is 14.8. The summed E-state index contributed by atoms with van der Waals surface area (Å²) in [6.07, 6.45) is 2.31. The van der Waals surface area contributed by atoms with Crippen LogP contribution in [0.25, 0.3) is 0 Å². The summed E-state index contributed by atoms with van der Waals surface area (Å²) in [5.41, 5.74) is 7.51. The first kappa shape index (κ1) is 17.1. The molecular formula is C20H24N2OS. The van der Waals surface area contributed by atoms with Gasteiger partial charge < -0.3 is 11.1 Å². The molecule has 1 saturated carbocycles. The highest BCUT2D eigenvalue weighted by molar-refractivity contribution is 7.98. The van der Waals surface area contributed by atoms with Crippen LogP contribution in [0.15, 0.2) is 59.5 Å². The van der Waals surface area contributed by atoms with Gasteiger partial charge in [-0.15, -0.1) is 11.8 Å². The number of nitrogens with two attached hydrogens (primary N) is 1. The fourth-order valence-corrected chi connectivity index (χ4v) is 3.68. The Bertz CT molecular complexity index is 683. The molecule has 0 aliphatic heterocycles. The van der Waals surface area contributed by atoms with Gasteiger partial charge in [-0.25, -0.2) is 0 Å². The summed E-state index contributed by atoms with van der Waals surface area (Å²) in [6, 6.07) is 18.2.